The average molecular weight is 364 g/mol. The zero-order chi connectivity index (χ0) is 19.0. The highest BCUT2D eigenvalue weighted by molar-refractivity contribution is 6.20. The molecule has 0 aromatic heterocycles. The summed E-state index contributed by atoms with van der Waals surface area (Å²) in [5, 5.41) is 0. The molecule has 0 unspecified atom stereocenters. The first-order valence-electron chi connectivity index (χ1n) is 8.62. The van der Waals surface area contributed by atoms with Crippen LogP contribution in [0.2, 0.25) is 0 Å². The highest BCUT2D eigenvalue weighted by Gasteiger charge is 2.31. The second kappa shape index (κ2) is 6.68. The quantitative estimate of drug-likeness (QED) is 0.779. The zero-order valence-corrected chi connectivity index (χ0v) is 14.4. The summed E-state index contributed by atoms with van der Waals surface area (Å²) in [6, 6.07) is 13.3. The molecule has 2 aliphatic heterocycles. The lowest BCUT2D eigenvalue weighted by Crippen LogP contribution is -2.28. The number of rotatable bonds is 4. The Labute approximate surface area is 155 Å². The van der Waals surface area contributed by atoms with E-state index >= 15 is 0 Å². The van der Waals surface area contributed by atoms with E-state index in [2.05, 4.69) is 0 Å². The Morgan fingerprint density at radius 1 is 0.519 bits per heavy atom. The van der Waals surface area contributed by atoms with Gasteiger partial charge in [-0.25, -0.2) is 0 Å². The largest absolute Gasteiger partial charge is 0.457 e. The van der Waals surface area contributed by atoms with E-state index in [9.17, 15) is 19.2 Å². The molecule has 0 spiro atoms. The van der Waals surface area contributed by atoms with E-state index in [1.165, 1.54) is 9.80 Å². The van der Waals surface area contributed by atoms with Gasteiger partial charge in [-0.15, -0.1) is 0 Å². The Morgan fingerprint density at radius 3 is 1.11 bits per heavy atom. The molecule has 0 radical (unpaired) electrons. The van der Waals surface area contributed by atoms with Gasteiger partial charge in [0.25, 0.3) is 0 Å². The second-order valence-corrected chi connectivity index (χ2v) is 6.34. The van der Waals surface area contributed by atoms with Crippen LogP contribution >= 0.6 is 0 Å². The third-order valence-electron chi connectivity index (χ3n) is 4.53. The molecule has 4 rings (SSSR count). The maximum absolute atomic E-state index is 11.8. The molecular formula is C20H16N2O5. The highest BCUT2D eigenvalue weighted by atomic mass is 16.5. The third-order valence-corrected chi connectivity index (χ3v) is 4.53. The van der Waals surface area contributed by atoms with Gasteiger partial charge in [0.15, 0.2) is 0 Å². The van der Waals surface area contributed by atoms with Crippen molar-refractivity contribution in [2.75, 3.05) is 9.80 Å². The molecule has 4 amide bonds. The molecule has 0 saturated carbocycles. The van der Waals surface area contributed by atoms with Crippen molar-refractivity contribution in [3.8, 4) is 11.5 Å². The van der Waals surface area contributed by atoms with Crippen molar-refractivity contribution in [2.24, 2.45) is 0 Å². The molecule has 27 heavy (non-hydrogen) atoms. The van der Waals surface area contributed by atoms with E-state index in [0.29, 0.717) is 22.9 Å². The number of carbonyl (C=O) groups excluding carboxylic acids is 4. The minimum atomic E-state index is -0.199. The van der Waals surface area contributed by atoms with E-state index in [1.807, 2.05) is 0 Å². The second-order valence-electron chi connectivity index (χ2n) is 6.34. The van der Waals surface area contributed by atoms with E-state index in [1.54, 1.807) is 48.5 Å². The van der Waals surface area contributed by atoms with E-state index in [0.717, 1.165) is 0 Å². The average Bonchev–Trinajstić information content (AvgIpc) is 3.18. The molecule has 0 atom stereocenters. The van der Waals surface area contributed by atoms with Crippen LogP contribution in [0, 0.1) is 0 Å². The standard InChI is InChI=1S/C20H16N2O5/c23-17-9-10-18(24)21(17)13-1-5-15(6-2-13)27-16-7-3-14(4-8-16)22-19(25)11-12-20(22)26/h1-8H,9-12H2. The van der Waals surface area contributed by atoms with Crippen LogP contribution in [0.5, 0.6) is 11.5 Å². The fraction of sp³-hybridized carbons (Fsp3) is 0.200. The van der Waals surface area contributed by atoms with Crippen LogP contribution in [0.4, 0.5) is 11.4 Å². The number of amides is 4. The van der Waals surface area contributed by atoms with Gasteiger partial charge in [0, 0.05) is 25.7 Å². The molecule has 2 aliphatic rings. The number of imide groups is 2. The van der Waals surface area contributed by atoms with Crippen LogP contribution in [-0.2, 0) is 19.2 Å². The smallest absolute Gasteiger partial charge is 0.234 e. The van der Waals surface area contributed by atoms with Crippen LogP contribution in [0.15, 0.2) is 48.5 Å². The Bertz CT molecular complexity index is 824. The monoisotopic (exact) mass is 364 g/mol. The van der Waals surface area contributed by atoms with Crippen molar-refractivity contribution in [1.29, 1.82) is 0 Å². The van der Waals surface area contributed by atoms with Crippen LogP contribution in [0.25, 0.3) is 0 Å². The highest BCUT2D eigenvalue weighted by Crippen LogP contribution is 2.29. The number of ether oxygens (including phenoxy) is 1. The lowest BCUT2D eigenvalue weighted by Gasteiger charge is -2.15. The molecule has 7 nitrogen and oxygen atoms in total. The Hall–Kier alpha value is -3.48. The Balaban J connectivity index is 1.46. The van der Waals surface area contributed by atoms with Gasteiger partial charge in [-0.05, 0) is 48.5 Å². The number of carbonyl (C=O) groups is 4. The number of hydrogen-bond donors (Lipinski definition) is 0. The van der Waals surface area contributed by atoms with Gasteiger partial charge in [-0.2, -0.15) is 0 Å². The topological polar surface area (TPSA) is 84.0 Å². The normalized spacial score (nSPS) is 17.2. The molecule has 0 N–H and O–H groups in total. The zero-order valence-electron chi connectivity index (χ0n) is 14.4. The van der Waals surface area contributed by atoms with Crippen molar-refractivity contribution in [2.45, 2.75) is 25.7 Å². The first-order valence-corrected chi connectivity index (χ1v) is 8.62. The first-order chi connectivity index (χ1) is 13.0. The minimum Gasteiger partial charge on any atom is -0.457 e. The van der Waals surface area contributed by atoms with Crippen LogP contribution < -0.4 is 14.5 Å². The molecule has 0 aliphatic carbocycles. The maximum Gasteiger partial charge on any atom is 0.234 e. The van der Waals surface area contributed by atoms with Gasteiger partial charge >= 0.3 is 0 Å². The van der Waals surface area contributed by atoms with Gasteiger partial charge in [0.2, 0.25) is 23.6 Å². The maximum atomic E-state index is 11.8. The molecule has 2 fully saturated rings. The Kier molecular flexibility index (Phi) is 4.19. The summed E-state index contributed by atoms with van der Waals surface area (Å²) in [4.78, 5) is 49.4. The summed E-state index contributed by atoms with van der Waals surface area (Å²) in [6.07, 6.45) is 0.966. The van der Waals surface area contributed by atoms with Gasteiger partial charge < -0.3 is 4.74 Å². The van der Waals surface area contributed by atoms with Gasteiger partial charge in [0.1, 0.15) is 11.5 Å². The summed E-state index contributed by atoms with van der Waals surface area (Å²) < 4.78 is 5.74. The third kappa shape index (κ3) is 3.19. The van der Waals surface area contributed by atoms with Crippen molar-refractivity contribution < 1.29 is 23.9 Å². The summed E-state index contributed by atoms with van der Waals surface area (Å²) in [5.41, 5.74) is 1.05. The van der Waals surface area contributed by atoms with Gasteiger partial charge in [-0.1, -0.05) is 0 Å². The molecule has 7 heteroatoms. The molecule has 2 heterocycles. The first kappa shape index (κ1) is 17.0. The molecule has 2 aromatic rings. The molecular weight excluding hydrogens is 348 g/mol. The summed E-state index contributed by atoms with van der Waals surface area (Å²) >= 11 is 0. The molecule has 0 bridgehead atoms. The summed E-state index contributed by atoms with van der Waals surface area (Å²) in [7, 11) is 0. The fourth-order valence-electron chi connectivity index (χ4n) is 3.19. The predicted octanol–water partition coefficient (Wildman–Crippen LogP) is 2.79. The summed E-state index contributed by atoms with van der Waals surface area (Å²) in [6.45, 7) is 0. The van der Waals surface area contributed by atoms with Crippen molar-refractivity contribution in [1.82, 2.24) is 0 Å². The lowest BCUT2D eigenvalue weighted by molar-refractivity contribution is -0.122. The van der Waals surface area contributed by atoms with Gasteiger partial charge in [-0.3, -0.25) is 29.0 Å². The predicted molar refractivity (Wildman–Crippen MR) is 96.4 cm³/mol. The van der Waals surface area contributed by atoms with Crippen molar-refractivity contribution in [3.63, 3.8) is 0 Å². The van der Waals surface area contributed by atoms with Crippen LogP contribution in [-0.4, -0.2) is 23.6 Å². The van der Waals surface area contributed by atoms with Crippen LogP contribution in [0.1, 0.15) is 25.7 Å². The van der Waals surface area contributed by atoms with Gasteiger partial charge in [0.05, 0.1) is 11.4 Å². The lowest BCUT2D eigenvalue weighted by atomic mass is 10.2. The molecule has 2 aromatic carbocycles. The number of anilines is 2. The van der Waals surface area contributed by atoms with Crippen molar-refractivity contribution in [3.05, 3.63) is 48.5 Å². The van der Waals surface area contributed by atoms with E-state index < -0.39 is 0 Å². The fourth-order valence-corrected chi connectivity index (χ4v) is 3.19. The Morgan fingerprint density at radius 2 is 0.815 bits per heavy atom. The number of hydrogen-bond acceptors (Lipinski definition) is 5. The van der Waals surface area contributed by atoms with Crippen molar-refractivity contribution >= 4 is 35.0 Å². The van der Waals surface area contributed by atoms with E-state index in [4.69, 9.17) is 4.74 Å². The molecule has 136 valence electrons. The molecule has 2 saturated heterocycles. The minimum absolute atomic E-state index is 0.199. The number of nitrogens with zero attached hydrogens (tertiary/aromatic N) is 2. The SMILES string of the molecule is O=C1CCC(=O)N1c1ccc(Oc2ccc(N3C(=O)CCC3=O)cc2)cc1. The number of benzene rings is 2. The van der Waals surface area contributed by atoms with Crippen LogP contribution in [0.3, 0.4) is 0 Å². The summed E-state index contributed by atoms with van der Waals surface area (Å²) in [5.74, 6) is 0.286. The van der Waals surface area contributed by atoms with E-state index in [-0.39, 0.29) is 49.3 Å².